The molecule has 0 heterocycles. The van der Waals surface area contributed by atoms with Crippen LogP contribution in [0.25, 0.3) is 0 Å². The summed E-state index contributed by atoms with van der Waals surface area (Å²) in [7, 11) is 0. The van der Waals surface area contributed by atoms with E-state index in [1.807, 2.05) is 6.92 Å². The van der Waals surface area contributed by atoms with Crippen LogP contribution in [0.15, 0.2) is 0 Å². The van der Waals surface area contributed by atoms with Crippen LogP contribution in [-0.4, -0.2) is 58.2 Å². The number of amidine groups is 1. The minimum absolute atomic E-state index is 0.0684. The summed E-state index contributed by atoms with van der Waals surface area (Å²) in [6, 6.07) is 0. The number of rotatable bonds is 15. The third kappa shape index (κ3) is 12.3. The molecule has 0 saturated heterocycles. The Labute approximate surface area is 122 Å². The molecule has 6 heteroatoms. The van der Waals surface area contributed by atoms with Gasteiger partial charge < -0.3 is 24.7 Å². The van der Waals surface area contributed by atoms with Crippen LogP contribution in [0.3, 0.4) is 0 Å². The lowest BCUT2D eigenvalue weighted by molar-refractivity contribution is -0.00829. The maximum Gasteiger partial charge on any atom is 0.120 e. The largest absolute Gasteiger partial charge is 0.385 e. The van der Waals surface area contributed by atoms with Gasteiger partial charge in [-0.2, -0.15) is 0 Å². The molecule has 1 atom stereocenters. The summed E-state index contributed by atoms with van der Waals surface area (Å²) in [6.07, 6.45) is 2.66. The Morgan fingerprint density at radius 2 is 1.40 bits per heavy atom. The Bertz CT molecular complexity index is 227. The Balaban J connectivity index is 3.15. The second kappa shape index (κ2) is 14.7. The number of ether oxygens (including phenoxy) is 4. The van der Waals surface area contributed by atoms with Crippen molar-refractivity contribution in [3.05, 3.63) is 0 Å². The van der Waals surface area contributed by atoms with E-state index in [4.69, 9.17) is 30.1 Å². The zero-order chi connectivity index (χ0) is 15.1. The molecule has 0 radical (unpaired) electrons. The Hall–Kier alpha value is -0.690. The third-order valence-electron chi connectivity index (χ3n) is 2.65. The van der Waals surface area contributed by atoms with Gasteiger partial charge in [-0.15, -0.1) is 0 Å². The average molecular weight is 290 g/mol. The van der Waals surface area contributed by atoms with Gasteiger partial charge in [-0.25, -0.2) is 0 Å². The zero-order valence-electron chi connectivity index (χ0n) is 12.9. The van der Waals surface area contributed by atoms with Crippen molar-refractivity contribution in [2.45, 2.75) is 39.2 Å². The van der Waals surface area contributed by atoms with E-state index < -0.39 is 0 Å². The maximum absolute atomic E-state index is 7.28. The summed E-state index contributed by atoms with van der Waals surface area (Å²) in [5.41, 5.74) is 5.37. The van der Waals surface area contributed by atoms with Crippen molar-refractivity contribution >= 4 is 5.84 Å². The molecule has 0 rings (SSSR count). The van der Waals surface area contributed by atoms with E-state index in [0.717, 1.165) is 19.4 Å². The lowest BCUT2D eigenvalue weighted by Gasteiger charge is -2.14. The van der Waals surface area contributed by atoms with Crippen LogP contribution in [0.2, 0.25) is 0 Å². The van der Waals surface area contributed by atoms with Crippen molar-refractivity contribution in [1.29, 1.82) is 5.41 Å². The van der Waals surface area contributed by atoms with E-state index in [1.54, 1.807) is 0 Å². The maximum atomic E-state index is 7.28. The molecule has 20 heavy (non-hydrogen) atoms. The fraction of sp³-hybridized carbons (Fsp3) is 0.929. The molecule has 0 aliphatic heterocycles. The van der Waals surface area contributed by atoms with Crippen LogP contribution in [-0.2, 0) is 18.9 Å². The molecule has 0 bridgehead atoms. The summed E-state index contributed by atoms with van der Waals surface area (Å²) in [5, 5.41) is 7.28. The summed E-state index contributed by atoms with van der Waals surface area (Å²) in [4.78, 5) is 0. The van der Waals surface area contributed by atoms with E-state index in [2.05, 4.69) is 6.92 Å². The SMILES string of the molecule is CCCCOCCOCCOCCOC(CC)C(=N)N. The smallest absolute Gasteiger partial charge is 0.120 e. The second-order valence-electron chi connectivity index (χ2n) is 4.41. The molecular formula is C14H30N2O4. The molecule has 3 N–H and O–H groups in total. The lowest BCUT2D eigenvalue weighted by atomic mass is 10.2. The molecule has 0 fully saturated rings. The number of unbranched alkanes of at least 4 members (excludes halogenated alkanes) is 1. The molecule has 0 aromatic rings. The third-order valence-corrected chi connectivity index (χ3v) is 2.65. The minimum atomic E-state index is -0.296. The van der Waals surface area contributed by atoms with Gasteiger partial charge in [0.1, 0.15) is 11.9 Å². The number of nitrogens with one attached hydrogen (secondary N) is 1. The minimum Gasteiger partial charge on any atom is -0.385 e. The highest BCUT2D eigenvalue weighted by atomic mass is 16.6. The number of hydrogen-bond acceptors (Lipinski definition) is 5. The summed E-state index contributed by atoms with van der Waals surface area (Å²) in [5.74, 6) is 0.0684. The van der Waals surface area contributed by atoms with Crippen molar-refractivity contribution < 1.29 is 18.9 Å². The van der Waals surface area contributed by atoms with E-state index in [0.29, 0.717) is 46.1 Å². The molecule has 120 valence electrons. The highest BCUT2D eigenvalue weighted by molar-refractivity contribution is 5.81. The quantitative estimate of drug-likeness (QED) is 0.271. The van der Waals surface area contributed by atoms with Crippen molar-refractivity contribution in [3.8, 4) is 0 Å². The predicted octanol–water partition coefficient (Wildman–Crippen LogP) is 1.57. The van der Waals surface area contributed by atoms with Gasteiger partial charge in [0, 0.05) is 6.61 Å². The molecule has 1 unspecified atom stereocenters. The van der Waals surface area contributed by atoms with Gasteiger partial charge in [0.15, 0.2) is 0 Å². The highest BCUT2D eigenvalue weighted by Crippen LogP contribution is 1.96. The van der Waals surface area contributed by atoms with E-state index in [-0.39, 0.29) is 11.9 Å². The summed E-state index contributed by atoms with van der Waals surface area (Å²) < 4.78 is 21.5. The first kappa shape index (κ1) is 19.3. The standard InChI is InChI=1S/C14H30N2O4/c1-3-5-6-17-7-8-18-9-10-19-11-12-20-13(4-2)14(15)16/h13H,3-12H2,1-2H3,(H3,15,16). The molecule has 6 nitrogen and oxygen atoms in total. The average Bonchev–Trinajstić information content (AvgIpc) is 2.43. The van der Waals surface area contributed by atoms with Gasteiger partial charge in [0.25, 0.3) is 0 Å². The van der Waals surface area contributed by atoms with Gasteiger partial charge in [0.05, 0.1) is 39.6 Å². The first-order chi connectivity index (χ1) is 9.72. The highest BCUT2D eigenvalue weighted by Gasteiger charge is 2.08. The monoisotopic (exact) mass is 290 g/mol. The molecule has 0 aromatic carbocycles. The molecule has 0 amide bonds. The van der Waals surface area contributed by atoms with Gasteiger partial charge in [0.2, 0.25) is 0 Å². The van der Waals surface area contributed by atoms with Gasteiger partial charge in [-0.3, -0.25) is 5.41 Å². The molecule has 0 spiro atoms. The first-order valence-electron chi connectivity index (χ1n) is 7.41. The van der Waals surface area contributed by atoms with Gasteiger partial charge in [-0.1, -0.05) is 20.3 Å². The van der Waals surface area contributed by atoms with Crippen molar-refractivity contribution in [2.75, 3.05) is 46.2 Å². The van der Waals surface area contributed by atoms with E-state index in [1.165, 1.54) is 0 Å². The Morgan fingerprint density at radius 1 is 0.900 bits per heavy atom. The van der Waals surface area contributed by atoms with Crippen LogP contribution in [0.5, 0.6) is 0 Å². The van der Waals surface area contributed by atoms with E-state index in [9.17, 15) is 0 Å². The first-order valence-corrected chi connectivity index (χ1v) is 7.41. The molecule has 0 aromatic heterocycles. The van der Waals surface area contributed by atoms with Crippen LogP contribution in [0, 0.1) is 5.41 Å². The lowest BCUT2D eigenvalue weighted by Crippen LogP contribution is -2.31. The molecular weight excluding hydrogens is 260 g/mol. The Kier molecular flexibility index (Phi) is 14.2. The van der Waals surface area contributed by atoms with Crippen molar-refractivity contribution in [3.63, 3.8) is 0 Å². The topological polar surface area (TPSA) is 86.8 Å². The normalized spacial score (nSPS) is 12.5. The Morgan fingerprint density at radius 3 is 1.85 bits per heavy atom. The van der Waals surface area contributed by atoms with Crippen LogP contribution < -0.4 is 5.73 Å². The van der Waals surface area contributed by atoms with Crippen LogP contribution in [0.1, 0.15) is 33.1 Å². The van der Waals surface area contributed by atoms with Crippen molar-refractivity contribution in [2.24, 2.45) is 5.73 Å². The van der Waals surface area contributed by atoms with Crippen LogP contribution >= 0.6 is 0 Å². The summed E-state index contributed by atoms with van der Waals surface area (Å²) >= 11 is 0. The number of hydrogen-bond donors (Lipinski definition) is 2. The van der Waals surface area contributed by atoms with E-state index >= 15 is 0 Å². The van der Waals surface area contributed by atoms with Crippen molar-refractivity contribution in [1.82, 2.24) is 0 Å². The second-order valence-corrected chi connectivity index (χ2v) is 4.41. The number of nitrogens with two attached hydrogens (primary N) is 1. The van der Waals surface area contributed by atoms with Crippen LogP contribution in [0.4, 0.5) is 0 Å². The summed E-state index contributed by atoms with van der Waals surface area (Å²) in [6.45, 7) is 8.14. The molecule has 0 aliphatic carbocycles. The fourth-order valence-electron chi connectivity index (χ4n) is 1.47. The predicted molar refractivity (Wildman–Crippen MR) is 79.3 cm³/mol. The molecule has 0 aliphatic rings. The van der Waals surface area contributed by atoms with Gasteiger partial charge in [-0.05, 0) is 12.8 Å². The fourth-order valence-corrected chi connectivity index (χ4v) is 1.47. The molecule has 0 saturated carbocycles. The van der Waals surface area contributed by atoms with Gasteiger partial charge >= 0.3 is 0 Å². The zero-order valence-corrected chi connectivity index (χ0v) is 12.9.